The number of nitrogens with zero attached hydrogens (tertiary/aromatic N) is 1. The van der Waals surface area contributed by atoms with Crippen molar-refractivity contribution in [3.63, 3.8) is 0 Å². The summed E-state index contributed by atoms with van der Waals surface area (Å²) in [6.45, 7) is 4.58. The highest BCUT2D eigenvalue weighted by atomic mass is 32.2. The predicted octanol–water partition coefficient (Wildman–Crippen LogP) is 0.361. The molecule has 1 aromatic heterocycles. The van der Waals surface area contributed by atoms with Crippen LogP contribution in [0.1, 0.15) is 6.92 Å². The van der Waals surface area contributed by atoms with Gasteiger partial charge in [0.1, 0.15) is 5.78 Å². The number of Topliss-reactive ketones (excluding diaryl/α,β-unsaturated/α-hetero) is 1. The standard InChI is InChI=1S/C9H10N2O3S/c1-3-15-7-4-8(13)11(5-6(2)12)9(14)10-7/h3-4H,1,5H2,2H3,(H,10,14). The molecule has 1 heterocycles. The van der Waals surface area contributed by atoms with E-state index in [1.54, 1.807) is 0 Å². The zero-order valence-corrected chi connectivity index (χ0v) is 8.97. The molecule has 0 bridgehead atoms. The first-order valence-corrected chi connectivity index (χ1v) is 5.03. The Bertz CT molecular complexity index is 470. The molecule has 0 saturated carbocycles. The number of carbonyl (C=O) groups excluding carboxylic acids is 1. The molecule has 1 rings (SSSR count). The Hall–Kier alpha value is -1.56. The maximum Gasteiger partial charge on any atom is 0.329 e. The smallest absolute Gasteiger partial charge is 0.301 e. The molecule has 1 N–H and O–H groups in total. The third-order valence-corrected chi connectivity index (χ3v) is 2.23. The van der Waals surface area contributed by atoms with Gasteiger partial charge in [0.05, 0.1) is 11.6 Å². The van der Waals surface area contributed by atoms with Crippen molar-refractivity contribution in [2.75, 3.05) is 0 Å². The summed E-state index contributed by atoms with van der Waals surface area (Å²) in [6, 6.07) is 1.26. The van der Waals surface area contributed by atoms with Crippen molar-refractivity contribution in [2.24, 2.45) is 0 Å². The van der Waals surface area contributed by atoms with E-state index in [4.69, 9.17) is 0 Å². The lowest BCUT2D eigenvalue weighted by Gasteiger charge is -2.02. The van der Waals surface area contributed by atoms with Gasteiger partial charge in [0.15, 0.2) is 0 Å². The van der Waals surface area contributed by atoms with Crippen LogP contribution in [0.3, 0.4) is 0 Å². The van der Waals surface area contributed by atoms with Crippen molar-refractivity contribution >= 4 is 17.5 Å². The summed E-state index contributed by atoms with van der Waals surface area (Å²) in [7, 11) is 0. The molecule has 5 nitrogen and oxygen atoms in total. The van der Waals surface area contributed by atoms with E-state index in [-0.39, 0.29) is 12.3 Å². The van der Waals surface area contributed by atoms with Gasteiger partial charge in [0.2, 0.25) is 0 Å². The maximum atomic E-state index is 11.4. The fraction of sp³-hybridized carbons (Fsp3) is 0.222. The van der Waals surface area contributed by atoms with Crippen LogP contribution in [0.2, 0.25) is 0 Å². The van der Waals surface area contributed by atoms with E-state index >= 15 is 0 Å². The second-order valence-electron chi connectivity index (χ2n) is 2.85. The summed E-state index contributed by atoms with van der Waals surface area (Å²) >= 11 is 1.14. The fourth-order valence-electron chi connectivity index (χ4n) is 1.02. The van der Waals surface area contributed by atoms with Crippen LogP contribution in [0.5, 0.6) is 0 Å². The highest BCUT2D eigenvalue weighted by molar-refractivity contribution is 8.02. The number of H-pyrrole nitrogens is 1. The summed E-state index contributed by atoms with van der Waals surface area (Å²) in [6.07, 6.45) is 0. The Morgan fingerprint density at radius 3 is 2.80 bits per heavy atom. The fourth-order valence-corrected chi connectivity index (χ4v) is 1.52. The van der Waals surface area contributed by atoms with E-state index < -0.39 is 11.2 Å². The molecule has 0 radical (unpaired) electrons. The largest absolute Gasteiger partial charge is 0.329 e. The van der Waals surface area contributed by atoms with Gasteiger partial charge in [0, 0.05) is 6.07 Å². The molecule has 80 valence electrons. The molecule has 0 aliphatic carbocycles. The van der Waals surface area contributed by atoms with E-state index in [9.17, 15) is 14.4 Å². The number of aromatic nitrogens is 2. The lowest BCUT2D eigenvalue weighted by molar-refractivity contribution is -0.117. The number of thioether (sulfide) groups is 1. The molecule has 0 aliphatic rings. The van der Waals surface area contributed by atoms with Crippen LogP contribution in [-0.4, -0.2) is 15.3 Å². The number of aromatic amines is 1. The summed E-state index contributed by atoms with van der Waals surface area (Å²) in [4.78, 5) is 36.1. The Morgan fingerprint density at radius 1 is 1.67 bits per heavy atom. The van der Waals surface area contributed by atoms with E-state index in [1.807, 2.05) is 0 Å². The van der Waals surface area contributed by atoms with Crippen LogP contribution in [0.15, 0.2) is 32.7 Å². The second-order valence-corrected chi connectivity index (χ2v) is 3.86. The molecular formula is C9H10N2O3S. The summed E-state index contributed by atoms with van der Waals surface area (Å²) in [5, 5.41) is 1.92. The van der Waals surface area contributed by atoms with Gasteiger partial charge >= 0.3 is 5.69 Å². The molecule has 0 amide bonds. The third-order valence-electron chi connectivity index (χ3n) is 1.59. The maximum absolute atomic E-state index is 11.4. The van der Waals surface area contributed by atoms with Crippen LogP contribution >= 0.6 is 11.8 Å². The minimum absolute atomic E-state index is 0.201. The quantitative estimate of drug-likeness (QED) is 0.594. The van der Waals surface area contributed by atoms with Crippen LogP contribution in [0.25, 0.3) is 0 Å². The zero-order chi connectivity index (χ0) is 11.4. The number of hydrogen-bond acceptors (Lipinski definition) is 4. The zero-order valence-electron chi connectivity index (χ0n) is 8.15. The van der Waals surface area contributed by atoms with Gasteiger partial charge in [-0.3, -0.25) is 14.2 Å². The Kier molecular flexibility index (Phi) is 3.68. The molecule has 0 fully saturated rings. The van der Waals surface area contributed by atoms with Crippen molar-refractivity contribution in [1.82, 2.24) is 9.55 Å². The van der Waals surface area contributed by atoms with Crippen molar-refractivity contribution in [2.45, 2.75) is 18.5 Å². The van der Waals surface area contributed by atoms with E-state index in [2.05, 4.69) is 11.6 Å². The van der Waals surface area contributed by atoms with Crippen molar-refractivity contribution in [1.29, 1.82) is 0 Å². The minimum atomic E-state index is -0.581. The van der Waals surface area contributed by atoms with E-state index in [1.165, 1.54) is 18.4 Å². The topological polar surface area (TPSA) is 71.9 Å². The number of hydrogen-bond donors (Lipinski definition) is 1. The van der Waals surface area contributed by atoms with Crippen LogP contribution in [-0.2, 0) is 11.3 Å². The van der Waals surface area contributed by atoms with Gasteiger partial charge in [-0.05, 0) is 12.3 Å². The monoisotopic (exact) mass is 226 g/mol. The molecule has 15 heavy (non-hydrogen) atoms. The molecule has 0 atom stereocenters. The number of rotatable bonds is 4. The average Bonchev–Trinajstić information content (AvgIpc) is 2.11. The summed E-state index contributed by atoms with van der Waals surface area (Å²) in [5.74, 6) is -0.244. The Morgan fingerprint density at radius 2 is 2.33 bits per heavy atom. The van der Waals surface area contributed by atoms with Gasteiger partial charge in [-0.25, -0.2) is 4.79 Å². The Labute approximate surface area is 89.8 Å². The first kappa shape index (κ1) is 11.5. The summed E-state index contributed by atoms with van der Waals surface area (Å²) < 4.78 is 0.857. The number of ketones is 1. The summed E-state index contributed by atoms with van der Waals surface area (Å²) in [5.41, 5.74) is -1.07. The average molecular weight is 226 g/mol. The molecule has 1 aromatic rings. The predicted molar refractivity (Wildman–Crippen MR) is 58.1 cm³/mol. The molecule has 0 aliphatic heterocycles. The molecule has 0 unspecified atom stereocenters. The van der Waals surface area contributed by atoms with E-state index in [0.717, 1.165) is 16.3 Å². The molecule has 0 saturated heterocycles. The van der Waals surface area contributed by atoms with Gasteiger partial charge in [-0.2, -0.15) is 0 Å². The van der Waals surface area contributed by atoms with Crippen LogP contribution in [0.4, 0.5) is 0 Å². The van der Waals surface area contributed by atoms with Gasteiger partial charge < -0.3 is 4.98 Å². The highest BCUT2D eigenvalue weighted by Crippen LogP contribution is 2.10. The number of carbonyl (C=O) groups is 1. The van der Waals surface area contributed by atoms with Crippen LogP contribution in [0, 0.1) is 0 Å². The van der Waals surface area contributed by atoms with Crippen molar-refractivity contribution in [3.05, 3.63) is 38.9 Å². The SMILES string of the molecule is C=CSc1cc(=O)n(CC(C)=O)c(=O)[nH]1. The van der Waals surface area contributed by atoms with Gasteiger partial charge in [-0.15, -0.1) is 0 Å². The minimum Gasteiger partial charge on any atom is -0.301 e. The first-order valence-electron chi connectivity index (χ1n) is 4.15. The second kappa shape index (κ2) is 4.79. The molecule has 6 heteroatoms. The van der Waals surface area contributed by atoms with Crippen molar-refractivity contribution in [3.8, 4) is 0 Å². The first-order chi connectivity index (χ1) is 7.04. The van der Waals surface area contributed by atoms with Gasteiger partial charge in [-0.1, -0.05) is 18.3 Å². The van der Waals surface area contributed by atoms with Gasteiger partial charge in [0.25, 0.3) is 5.56 Å². The van der Waals surface area contributed by atoms with Crippen LogP contribution < -0.4 is 11.2 Å². The lowest BCUT2D eigenvalue weighted by Crippen LogP contribution is -2.36. The molecular weight excluding hydrogens is 216 g/mol. The lowest BCUT2D eigenvalue weighted by atomic mass is 10.4. The normalized spacial score (nSPS) is 9.93. The van der Waals surface area contributed by atoms with Crippen molar-refractivity contribution < 1.29 is 4.79 Å². The number of nitrogens with one attached hydrogen (secondary N) is 1. The molecule has 0 aromatic carbocycles. The third kappa shape index (κ3) is 2.95. The molecule has 0 spiro atoms. The Balaban J connectivity index is 3.21. The van der Waals surface area contributed by atoms with E-state index in [0.29, 0.717) is 5.03 Å². The highest BCUT2D eigenvalue weighted by Gasteiger charge is 2.05.